The monoisotopic (exact) mass is 443 g/mol. The summed E-state index contributed by atoms with van der Waals surface area (Å²) in [5.74, 6) is -0.693. The lowest BCUT2D eigenvalue weighted by atomic mass is 9.85. The molecule has 0 amide bonds. The summed E-state index contributed by atoms with van der Waals surface area (Å²) in [7, 11) is -2.93. The first kappa shape index (κ1) is 20.6. The number of hydrogen-bond acceptors (Lipinski definition) is 6. The summed E-state index contributed by atoms with van der Waals surface area (Å²) in [6, 6.07) is 1.39. The molecule has 1 saturated heterocycles. The van der Waals surface area contributed by atoms with Crippen molar-refractivity contribution in [3.63, 3.8) is 0 Å². The van der Waals surface area contributed by atoms with E-state index < -0.39 is 27.0 Å². The number of sulfone groups is 1. The van der Waals surface area contributed by atoms with Crippen molar-refractivity contribution >= 4 is 38.2 Å². The number of fused-ring (bicyclic) bond motifs is 1. The Morgan fingerprint density at radius 3 is 2.55 bits per heavy atom. The van der Waals surface area contributed by atoms with Crippen molar-refractivity contribution in [2.45, 2.75) is 43.1 Å². The number of halogens is 2. The van der Waals surface area contributed by atoms with Gasteiger partial charge in [-0.3, -0.25) is 4.79 Å². The lowest BCUT2D eigenvalue weighted by Crippen LogP contribution is -2.25. The normalized spacial score (nSPS) is 19.9. The molecule has 2 N–H and O–H groups in total. The van der Waals surface area contributed by atoms with Crippen LogP contribution in [-0.4, -0.2) is 41.7 Å². The van der Waals surface area contributed by atoms with Gasteiger partial charge >= 0.3 is 0 Å². The molecule has 0 bridgehead atoms. The molecule has 2 aliphatic rings. The Hall–Kier alpha value is -1.68. The highest BCUT2D eigenvalue weighted by Gasteiger charge is 2.25. The maximum Gasteiger partial charge on any atom is 0.261 e. The van der Waals surface area contributed by atoms with E-state index in [1.165, 1.54) is 17.8 Å². The van der Waals surface area contributed by atoms with Gasteiger partial charge in [0.05, 0.1) is 28.5 Å². The van der Waals surface area contributed by atoms with E-state index in [0.717, 1.165) is 19.3 Å². The first-order valence-electron chi connectivity index (χ1n) is 9.79. The lowest BCUT2D eigenvalue weighted by Gasteiger charge is -2.26. The third-order valence-electron chi connectivity index (χ3n) is 5.69. The summed E-state index contributed by atoms with van der Waals surface area (Å²) in [4.78, 5) is 19.2. The van der Waals surface area contributed by atoms with Crippen LogP contribution in [-0.2, 0) is 15.6 Å². The van der Waals surface area contributed by atoms with E-state index in [2.05, 4.69) is 15.3 Å². The molecule has 1 aliphatic carbocycles. The summed E-state index contributed by atoms with van der Waals surface area (Å²) in [5.41, 5.74) is -0.569. The maximum atomic E-state index is 14.5. The van der Waals surface area contributed by atoms with Gasteiger partial charge in [0.1, 0.15) is 21.0 Å². The molecule has 1 aromatic carbocycles. The van der Waals surface area contributed by atoms with Crippen LogP contribution >= 0.6 is 11.8 Å². The van der Waals surface area contributed by atoms with Crippen molar-refractivity contribution in [1.29, 1.82) is 0 Å². The van der Waals surface area contributed by atoms with Crippen molar-refractivity contribution in [3.05, 3.63) is 33.9 Å². The number of nitrogens with zero attached hydrogens (tertiary/aromatic N) is 1. The number of nitrogens with one attached hydrogen (secondary N) is 2. The predicted octanol–water partition coefficient (Wildman–Crippen LogP) is 3.22. The van der Waals surface area contributed by atoms with Gasteiger partial charge in [-0.15, -0.1) is 0 Å². The average molecular weight is 444 g/mol. The molecule has 29 heavy (non-hydrogen) atoms. The van der Waals surface area contributed by atoms with Crippen LogP contribution in [0.1, 0.15) is 37.9 Å². The van der Waals surface area contributed by atoms with Gasteiger partial charge in [0.2, 0.25) is 0 Å². The number of thioether (sulfide) groups is 1. The zero-order valence-electron chi connectivity index (χ0n) is 15.8. The number of hydrogen-bond donors (Lipinski definition) is 2. The van der Waals surface area contributed by atoms with Crippen molar-refractivity contribution in [2.75, 3.05) is 23.4 Å². The fourth-order valence-electron chi connectivity index (χ4n) is 3.66. The van der Waals surface area contributed by atoms with E-state index in [4.69, 9.17) is 0 Å². The number of H-pyrrole nitrogens is 1. The van der Waals surface area contributed by atoms with Crippen LogP contribution in [0.15, 0.2) is 10.9 Å². The van der Waals surface area contributed by atoms with Crippen LogP contribution < -0.4 is 10.9 Å². The minimum Gasteiger partial charge on any atom is -0.382 e. The van der Waals surface area contributed by atoms with E-state index in [9.17, 15) is 22.0 Å². The Kier molecular flexibility index (Phi) is 5.83. The Balaban J connectivity index is 1.53. The van der Waals surface area contributed by atoms with E-state index in [-0.39, 0.29) is 33.3 Å². The van der Waals surface area contributed by atoms with Crippen LogP contribution in [0.2, 0.25) is 0 Å². The summed E-state index contributed by atoms with van der Waals surface area (Å²) >= 11 is 1.52. The molecule has 1 aromatic heterocycles. The number of aromatic amines is 1. The van der Waals surface area contributed by atoms with Gasteiger partial charge in [-0.05, 0) is 37.7 Å². The second-order valence-electron chi connectivity index (χ2n) is 7.80. The van der Waals surface area contributed by atoms with E-state index in [1.807, 2.05) is 0 Å². The first-order chi connectivity index (χ1) is 13.8. The van der Waals surface area contributed by atoms with Crippen LogP contribution in [0.25, 0.3) is 10.9 Å². The van der Waals surface area contributed by atoms with Crippen LogP contribution in [0.5, 0.6) is 0 Å². The van der Waals surface area contributed by atoms with Crippen LogP contribution in [0.3, 0.4) is 0 Å². The predicted molar refractivity (Wildman–Crippen MR) is 111 cm³/mol. The molecule has 0 atom stereocenters. The minimum absolute atomic E-state index is 0.0242. The molecule has 0 unspecified atom stereocenters. The summed E-state index contributed by atoms with van der Waals surface area (Å²) in [5, 5.41) is 2.74. The van der Waals surface area contributed by atoms with Crippen molar-refractivity contribution in [1.82, 2.24) is 9.97 Å². The molecule has 10 heteroatoms. The third-order valence-corrected chi connectivity index (χ3v) is 8.79. The number of aromatic nitrogens is 2. The van der Waals surface area contributed by atoms with Gasteiger partial charge < -0.3 is 10.3 Å². The smallest absolute Gasteiger partial charge is 0.261 e. The summed E-state index contributed by atoms with van der Waals surface area (Å²) < 4.78 is 51.9. The lowest BCUT2D eigenvalue weighted by molar-refractivity contribution is 0.333. The van der Waals surface area contributed by atoms with E-state index >= 15 is 0 Å². The molecule has 1 aliphatic heterocycles. The van der Waals surface area contributed by atoms with E-state index in [0.29, 0.717) is 36.9 Å². The molecule has 2 fully saturated rings. The molecular formula is C19H23F2N3O3S2. The SMILES string of the molecule is O=c1[nH]c(CSC2CCS(=O)(=O)CC2)nc2cc(NCC3CCC3)c(F)c(F)c12. The molecule has 0 radical (unpaired) electrons. The fourth-order valence-corrected chi connectivity index (χ4v) is 6.55. The topological polar surface area (TPSA) is 91.9 Å². The fraction of sp³-hybridized carbons (Fsp3) is 0.579. The maximum absolute atomic E-state index is 14.5. The zero-order valence-corrected chi connectivity index (χ0v) is 17.5. The second-order valence-corrected chi connectivity index (χ2v) is 11.4. The molecule has 4 rings (SSSR count). The summed E-state index contributed by atoms with van der Waals surface area (Å²) in [6.45, 7) is 0.568. The van der Waals surface area contributed by atoms with Gasteiger partial charge in [0, 0.05) is 11.8 Å². The largest absolute Gasteiger partial charge is 0.382 e. The van der Waals surface area contributed by atoms with E-state index in [1.54, 1.807) is 0 Å². The zero-order chi connectivity index (χ0) is 20.6. The second kappa shape index (κ2) is 8.22. The minimum atomic E-state index is -2.93. The average Bonchev–Trinajstić information content (AvgIpc) is 2.63. The molecule has 2 heterocycles. The van der Waals surface area contributed by atoms with Crippen molar-refractivity contribution in [2.24, 2.45) is 5.92 Å². The van der Waals surface area contributed by atoms with Gasteiger partial charge in [-0.2, -0.15) is 11.8 Å². The van der Waals surface area contributed by atoms with Gasteiger partial charge in [-0.25, -0.2) is 22.2 Å². The number of benzene rings is 1. The Morgan fingerprint density at radius 1 is 1.17 bits per heavy atom. The molecule has 2 aromatic rings. The third kappa shape index (κ3) is 4.58. The summed E-state index contributed by atoms with van der Waals surface area (Å²) in [6.07, 6.45) is 4.45. The van der Waals surface area contributed by atoms with Gasteiger partial charge in [0.25, 0.3) is 5.56 Å². The molecular weight excluding hydrogens is 420 g/mol. The van der Waals surface area contributed by atoms with Gasteiger partial charge in [0.15, 0.2) is 11.6 Å². The van der Waals surface area contributed by atoms with Crippen LogP contribution in [0.4, 0.5) is 14.5 Å². The Bertz CT molecular complexity index is 1070. The number of anilines is 1. The molecule has 0 spiro atoms. The van der Waals surface area contributed by atoms with Crippen molar-refractivity contribution in [3.8, 4) is 0 Å². The molecule has 1 saturated carbocycles. The van der Waals surface area contributed by atoms with Crippen molar-refractivity contribution < 1.29 is 17.2 Å². The standard InChI is InChI=1S/C19H23F2N3O3S2/c20-17-14(22-9-11-2-1-3-11)8-13-16(18(17)21)19(25)24-15(23-13)10-28-12-4-6-29(26,27)7-5-12/h8,11-12,22H,1-7,9-10H2,(H,23,24,25). The first-order valence-corrected chi connectivity index (χ1v) is 12.7. The highest BCUT2D eigenvalue weighted by Crippen LogP contribution is 2.30. The Morgan fingerprint density at radius 2 is 1.90 bits per heavy atom. The van der Waals surface area contributed by atoms with Gasteiger partial charge in [-0.1, -0.05) is 6.42 Å². The quantitative estimate of drug-likeness (QED) is 0.712. The molecule has 6 nitrogen and oxygen atoms in total. The van der Waals surface area contributed by atoms with Crippen LogP contribution in [0, 0.1) is 17.6 Å². The number of rotatable bonds is 6. The highest BCUT2D eigenvalue weighted by molar-refractivity contribution is 7.99. The highest BCUT2D eigenvalue weighted by atomic mass is 32.2. The molecule has 158 valence electrons. The Labute approximate surface area is 171 Å².